The van der Waals surface area contributed by atoms with Crippen molar-refractivity contribution in [1.29, 1.82) is 0 Å². The highest BCUT2D eigenvalue weighted by molar-refractivity contribution is 5.78. The monoisotopic (exact) mass is 350 g/mol. The van der Waals surface area contributed by atoms with Gasteiger partial charge in [0.05, 0.1) is 0 Å². The van der Waals surface area contributed by atoms with Crippen molar-refractivity contribution in [3.8, 4) is 0 Å². The molecule has 1 saturated heterocycles. The minimum Gasteiger partial charge on any atom is -0.341 e. The number of hydrogen-bond donors (Lipinski definition) is 0. The van der Waals surface area contributed by atoms with E-state index in [0.717, 1.165) is 30.6 Å². The van der Waals surface area contributed by atoms with E-state index in [0.29, 0.717) is 19.5 Å². The molecule has 136 valence electrons. The standard InChI is InChI=1S/C22H26N2O2/c1-18(25)23-13-8-14-24(16-15-23)22(26)17-21(19-9-4-2-5-10-19)20-11-6-3-7-12-20/h2-7,9-12,21H,8,13-17H2,1H3. The Morgan fingerprint density at radius 1 is 0.808 bits per heavy atom. The molecule has 4 heteroatoms. The third kappa shape index (κ3) is 4.51. The van der Waals surface area contributed by atoms with Gasteiger partial charge in [-0.3, -0.25) is 9.59 Å². The van der Waals surface area contributed by atoms with Crippen molar-refractivity contribution in [1.82, 2.24) is 9.80 Å². The maximum atomic E-state index is 13.0. The minimum absolute atomic E-state index is 0.0528. The molecular weight excluding hydrogens is 324 g/mol. The van der Waals surface area contributed by atoms with Crippen LogP contribution in [0.3, 0.4) is 0 Å². The van der Waals surface area contributed by atoms with Crippen molar-refractivity contribution in [2.75, 3.05) is 26.2 Å². The smallest absolute Gasteiger partial charge is 0.223 e. The van der Waals surface area contributed by atoms with Gasteiger partial charge < -0.3 is 9.80 Å². The molecule has 26 heavy (non-hydrogen) atoms. The van der Waals surface area contributed by atoms with Crippen molar-refractivity contribution < 1.29 is 9.59 Å². The fourth-order valence-electron chi connectivity index (χ4n) is 3.58. The number of nitrogens with zero attached hydrogens (tertiary/aromatic N) is 2. The summed E-state index contributed by atoms with van der Waals surface area (Å²) in [6.45, 7) is 4.30. The lowest BCUT2D eigenvalue weighted by Gasteiger charge is -2.25. The Labute approximate surface area is 155 Å². The van der Waals surface area contributed by atoms with Crippen LogP contribution in [0.4, 0.5) is 0 Å². The quantitative estimate of drug-likeness (QED) is 0.849. The molecule has 0 spiro atoms. The molecule has 0 N–H and O–H groups in total. The van der Waals surface area contributed by atoms with E-state index in [2.05, 4.69) is 24.3 Å². The van der Waals surface area contributed by atoms with Gasteiger partial charge in [0.15, 0.2) is 0 Å². The molecule has 4 nitrogen and oxygen atoms in total. The van der Waals surface area contributed by atoms with Crippen LogP contribution in [0.2, 0.25) is 0 Å². The summed E-state index contributed by atoms with van der Waals surface area (Å²) in [6, 6.07) is 20.4. The first-order chi connectivity index (χ1) is 12.6. The van der Waals surface area contributed by atoms with Gasteiger partial charge in [0.1, 0.15) is 0 Å². The Morgan fingerprint density at radius 3 is 1.85 bits per heavy atom. The van der Waals surface area contributed by atoms with E-state index >= 15 is 0 Å². The minimum atomic E-state index is 0.0528. The van der Waals surface area contributed by atoms with E-state index in [1.54, 1.807) is 6.92 Å². The average Bonchev–Trinajstić information content (AvgIpc) is 2.94. The normalized spacial score (nSPS) is 15.0. The highest BCUT2D eigenvalue weighted by Gasteiger charge is 2.24. The summed E-state index contributed by atoms with van der Waals surface area (Å²) in [4.78, 5) is 28.4. The molecule has 0 radical (unpaired) electrons. The van der Waals surface area contributed by atoms with Crippen LogP contribution in [0, 0.1) is 0 Å². The molecular formula is C22H26N2O2. The maximum Gasteiger partial charge on any atom is 0.223 e. The average molecular weight is 350 g/mol. The number of amides is 2. The first-order valence-corrected chi connectivity index (χ1v) is 9.28. The molecule has 0 unspecified atom stereocenters. The summed E-state index contributed by atoms with van der Waals surface area (Å²) < 4.78 is 0. The van der Waals surface area contributed by atoms with E-state index in [-0.39, 0.29) is 17.7 Å². The molecule has 0 atom stereocenters. The summed E-state index contributed by atoms with van der Waals surface area (Å²) in [5.41, 5.74) is 2.32. The van der Waals surface area contributed by atoms with Gasteiger partial charge in [-0.05, 0) is 17.5 Å². The van der Waals surface area contributed by atoms with Crippen molar-refractivity contribution in [2.45, 2.75) is 25.7 Å². The molecule has 2 aromatic carbocycles. The van der Waals surface area contributed by atoms with Crippen LogP contribution in [0.25, 0.3) is 0 Å². The Hall–Kier alpha value is -2.62. The Morgan fingerprint density at radius 2 is 1.31 bits per heavy atom. The molecule has 1 heterocycles. The van der Waals surface area contributed by atoms with E-state index in [4.69, 9.17) is 0 Å². The molecule has 0 aliphatic carbocycles. The van der Waals surface area contributed by atoms with E-state index < -0.39 is 0 Å². The van der Waals surface area contributed by atoms with Crippen LogP contribution in [0.1, 0.15) is 36.8 Å². The van der Waals surface area contributed by atoms with E-state index in [9.17, 15) is 9.59 Å². The Balaban J connectivity index is 1.75. The van der Waals surface area contributed by atoms with Crippen LogP contribution in [0.5, 0.6) is 0 Å². The van der Waals surface area contributed by atoms with Gasteiger partial charge in [-0.1, -0.05) is 60.7 Å². The zero-order valence-corrected chi connectivity index (χ0v) is 15.3. The van der Waals surface area contributed by atoms with Gasteiger partial charge in [-0.15, -0.1) is 0 Å². The fourth-order valence-corrected chi connectivity index (χ4v) is 3.58. The Kier molecular flexibility index (Phi) is 6.05. The third-order valence-corrected chi connectivity index (χ3v) is 5.08. The highest BCUT2D eigenvalue weighted by atomic mass is 16.2. The molecule has 0 saturated carbocycles. The molecule has 1 aliphatic heterocycles. The lowest BCUT2D eigenvalue weighted by atomic mass is 9.88. The first-order valence-electron chi connectivity index (χ1n) is 9.28. The lowest BCUT2D eigenvalue weighted by Crippen LogP contribution is -2.37. The van der Waals surface area contributed by atoms with Gasteiger partial charge in [-0.25, -0.2) is 0 Å². The predicted molar refractivity (Wildman–Crippen MR) is 103 cm³/mol. The summed E-state index contributed by atoms with van der Waals surface area (Å²) in [6.07, 6.45) is 1.29. The zero-order valence-electron chi connectivity index (χ0n) is 15.3. The van der Waals surface area contributed by atoms with Crippen molar-refractivity contribution in [2.24, 2.45) is 0 Å². The third-order valence-electron chi connectivity index (χ3n) is 5.08. The number of carbonyl (C=O) groups excluding carboxylic acids is 2. The van der Waals surface area contributed by atoms with Gasteiger partial charge in [-0.2, -0.15) is 0 Å². The van der Waals surface area contributed by atoms with E-state index in [1.807, 2.05) is 46.2 Å². The number of benzene rings is 2. The van der Waals surface area contributed by atoms with Gasteiger partial charge in [0.2, 0.25) is 11.8 Å². The lowest BCUT2D eigenvalue weighted by molar-refractivity contribution is -0.132. The first kappa shape index (κ1) is 18.2. The maximum absolute atomic E-state index is 13.0. The summed E-state index contributed by atoms with van der Waals surface area (Å²) in [5, 5.41) is 0. The van der Waals surface area contributed by atoms with Gasteiger partial charge in [0.25, 0.3) is 0 Å². The number of carbonyl (C=O) groups is 2. The number of rotatable bonds is 4. The topological polar surface area (TPSA) is 40.6 Å². The molecule has 2 amide bonds. The second-order valence-corrected chi connectivity index (χ2v) is 6.82. The molecule has 1 aliphatic rings. The predicted octanol–water partition coefficient (Wildman–Crippen LogP) is 3.29. The van der Waals surface area contributed by atoms with Gasteiger partial charge >= 0.3 is 0 Å². The van der Waals surface area contributed by atoms with Crippen LogP contribution in [-0.2, 0) is 9.59 Å². The summed E-state index contributed by atoms with van der Waals surface area (Å²) >= 11 is 0. The van der Waals surface area contributed by atoms with Crippen molar-refractivity contribution >= 4 is 11.8 Å². The number of hydrogen-bond acceptors (Lipinski definition) is 2. The summed E-state index contributed by atoms with van der Waals surface area (Å²) in [5.74, 6) is 0.302. The van der Waals surface area contributed by atoms with Crippen LogP contribution < -0.4 is 0 Å². The second kappa shape index (κ2) is 8.65. The molecule has 3 rings (SSSR count). The van der Waals surface area contributed by atoms with Crippen LogP contribution in [-0.4, -0.2) is 47.8 Å². The van der Waals surface area contributed by atoms with Crippen molar-refractivity contribution in [3.05, 3.63) is 71.8 Å². The van der Waals surface area contributed by atoms with Gasteiger partial charge in [0, 0.05) is 45.4 Å². The fraction of sp³-hybridized carbons (Fsp3) is 0.364. The van der Waals surface area contributed by atoms with E-state index in [1.165, 1.54) is 0 Å². The largest absolute Gasteiger partial charge is 0.341 e. The van der Waals surface area contributed by atoms with Crippen LogP contribution in [0.15, 0.2) is 60.7 Å². The van der Waals surface area contributed by atoms with Crippen LogP contribution >= 0.6 is 0 Å². The SMILES string of the molecule is CC(=O)N1CCCN(C(=O)CC(c2ccccc2)c2ccccc2)CC1. The van der Waals surface area contributed by atoms with Crippen molar-refractivity contribution in [3.63, 3.8) is 0 Å². The highest BCUT2D eigenvalue weighted by Crippen LogP contribution is 2.28. The summed E-state index contributed by atoms with van der Waals surface area (Å²) in [7, 11) is 0. The molecule has 0 bridgehead atoms. The second-order valence-electron chi connectivity index (χ2n) is 6.82. The molecule has 0 aromatic heterocycles. The zero-order chi connectivity index (χ0) is 18.4. The molecule has 1 fully saturated rings. The Bertz CT molecular complexity index is 691. The molecule has 2 aromatic rings.